The number of aryl methyl sites for hydroxylation is 1. The maximum absolute atomic E-state index is 12.6. The van der Waals surface area contributed by atoms with Crippen molar-refractivity contribution in [1.82, 2.24) is 9.78 Å². The first-order valence-electron chi connectivity index (χ1n) is 8.19. The molecular weight excluding hydrogens is 392 g/mol. The van der Waals surface area contributed by atoms with E-state index in [0.29, 0.717) is 10.8 Å². The van der Waals surface area contributed by atoms with Crippen LogP contribution in [0.25, 0.3) is 0 Å². The smallest absolute Gasteiger partial charge is 0.387 e. The van der Waals surface area contributed by atoms with Gasteiger partial charge in [-0.15, -0.1) is 0 Å². The molecule has 0 bridgehead atoms. The van der Waals surface area contributed by atoms with Crippen LogP contribution in [0.15, 0.2) is 54.7 Å². The summed E-state index contributed by atoms with van der Waals surface area (Å²) in [4.78, 5) is 12.6. The average molecular weight is 408 g/mol. The number of anilines is 1. The molecule has 9 heteroatoms. The van der Waals surface area contributed by atoms with Gasteiger partial charge >= 0.3 is 6.61 Å². The molecule has 0 aliphatic rings. The lowest BCUT2D eigenvalue weighted by Crippen LogP contribution is -2.20. The third-order valence-corrected chi connectivity index (χ3v) is 3.97. The topological polar surface area (TPSA) is 65.4 Å². The largest absolute Gasteiger partial charge is 0.471 e. The van der Waals surface area contributed by atoms with Crippen molar-refractivity contribution in [2.45, 2.75) is 20.3 Å². The molecule has 0 saturated carbocycles. The number of alkyl halides is 2. The van der Waals surface area contributed by atoms with Gasteiger partial charge in [0.15, 0.2) is 6.73 Å². The first-order valence-corrected chi connectivity index (χ1v) is 8.57. The predicted molar refractivity (Wildman–Crippen MR) is 100 cm³/mol. The molecule has 0 saturated heterocycles. The SMILES string of the molecule is Cc1ccc(NC(=O)c2ccnn2COc2ccc(Cl)cc2)c(OC(F)F)c1. The summed E-state index contributed by atoms with van der Waals surface area (Å²) in [6.07, 6.45) is 1.44. The molecule has 0 fully saturated rings. The highest BCUT2D eigenvalue weighted by Gasteiger charge is 2.16. The molecule has 0 atom stereocenters. The molecule has 0 radical (unpaired) electrons. The van der Waals surface area contributed by atoms with E-state index in [4.69, 9.17) is 16.3 Å². The quantitative estimate of drug-likeness (QED) is 0.614. The van der Waals surface area contributed by atoms with E-state index in [-0.39, 0.29) is 23.9 Å². The minimum atomic E-state index is -3.00. The molecule has 6 nitrogen and oxygen atoms in total. The van der Waals surface area contributed by atoms with Crippen LogP contribution in [-0.2, 0) is 6.73 Å². The lowest BCUT2D eigenvalue weighted by Gasteiger charge is -2.13. The van der Waals surface area contributed by atoms with Crippen molar-refractivity contribution in [3.05, 3.63) is 71.0 Å². The van der Waals surface area contributed by atoms with Gasteiger partial charge in [-0.05, 0) is 55.0 Å². The standard InChI is InChI=1S/C19H16ClF2N3O3/c1-12-2-7-15(17(10-12)28-19(21)22)24-18(26)16-8-9-23-25(16)11-27-14-5-3-13(20)4-6-14/h2-10,19H,11H2,1H3,(H,24,26). The molecule has 2 aromatic carbocycles. The minimum Gasteiger partial charge on any atom is -0.471 e. The van der Waals surface area contributed by atoms with Gasteiger partial charge in [-0.1, -0.05) is 17.7 Å². The second-order valence-electron chi connectivity index (χ2n) is 5.78. The van der Waals surface area contributed by atoms with Gasteiger partial charge in [-0.2, -0.15) is 13.9 Å². The molecule has 3 aromatic rings. The molecule has 0 unspecified atom stereocenters. The zero-order valence-corrected chi connectivity index (χ0v) is 15.5. The summed E-state index contributed by atoms with van der Waals surface area (Å²) in [7, 11) is 0. The van der Waals surface area contributed by atoms with Gasteiger partial charge in [0.25, 0.3) is 5.91 Å². The third-order valence-electron chi connectivity index (χ3n) is 3.72. The molecule has 0 aliphatic heterocycles. The van der Waals surface area contributed by atoms with Crippen LogP contribution in [-0.4, -0.2) is 22.3 Å². The highest BCUT2D eigenvalue weighted by molar-refractivity contribution is 6.30. The number of nitrogens with zero attached hydrogens (tertiary/aromatic N) is 2. The highest BCUT2D eigenvalue weighted by Crippen LogP contribution is 2.28. The first kappa shape index (κ1) is 19.6. The number of carbonyl (C=O) groups is 1. The Morgan fingerprint density at radius 1 is 1.21 bits per heavy atom. The lowest BCUT2D eigenvalue weighted by molar-refractivity contribution is -0.0494. The Labute approximate surface area is 164 Å². The number of hydrogen-bond donors (Lipinski definition) is 1. The van der Waals surface area contributed by atoms with E-state index in [2.05, 4.69) is 15.2 Å². The van der Waals surface area contributed by atoms with Gasteiger partial charge in [-0.25, -0.2) is 4.68 Å². The van der Waals surface area contributed by atoms with Crippen LogP contribution in [0.3, 0.4) is 0 Å². The molecule has 1 aromatic heterocycles. The summed E-state index contributed by atoms with van der Waals surface area (Å²) in [5.74, 6) is -0.107. The van der Waals surface area contributed by atoms with Gasteiger partial charge in [0.2, 0.25) is 0 Å². The first-order chi connectivity index (χ1) is 13.4. The average Bonchev–Trinajstić information content (AvgIpc) is 3.12. The number of benzene rings is 2. The fourth-order valence-corrected chi connectivity index (χ4v) is 2.53. The molecular formula is C19H16ClF2N3O3. The maximum atomic E-state index is 12.6. The summed E-state index contributed by atoms with van der Waals surface area (Å²) in [5, 5.41) is 7.19. The monoisotopic (exact) mass is 407 g/mol. The summed E-state index contributed by atoms with van der Waals surface area (Å²) in [6, 6.07) is 12.8. The van der Waals surface area contributed by atoms with Crippen LogP contribution < -0.4 is 14.8 Å². The minimum absolute atomic E-state index is 0.0221. The Morgan fingerprint density at radius 2 is 1.96 bits per heavy atom. The van der Waals surface area contributed by atoms with Crippen molar-refractivity contribution >= 4 is 23.2 Å². The van der Waals surface area contributed by atoms with Crippen LogP contribution in [0.5, 0.6) is 11.5 Å². The summed E-state index contributed by atoms with van der Waals surface area (Å²) < 4.78 is 36.6. The van der Waals surface area contributed by atoms with Crippen LogP contribution >= 0.6 is 11.6 Å². The molecule has 1 amide bonds. The normalized spacial score (nSPS) is 10.8. The molecule has 0 aliphatic carbocycles. The lowest BCUT2D eigenvalue weighted by atomic mass is 10.2. The summed E-state index contributed by atoms with van der Waals surface area (Å²) in [5.41, 5.74) is 1.04. The fourth-order valence-electron chi connectivity index (χ4n) is 2.41. The number of amides is 1. The van der Waals surface area contributed by atoms with E-state index < -0.39 is 12.5 Å². The number of ether oxygens (including phenoxy) is 2. The maximum Gasteiger partial charge on any atom is 0.387 e. The Kier molecular flexibility index (Phi) is 6.10. The molecule has 146 valence electrons. The second-order valence-corrected chi connectivity index (χ2v) is 6.21. The van der Waals surface area contributed by atoms with Crippen molar-refractivity contribution in [2.24, 2.45) is 0 Å². The van der Waals surface area contributed by atoms with Gasteiger partial charge in [0.05, 0.1) is 5.69 Å². The van der Waals surface area contributed by atoms with Crippen LogP contribution in [0, 0.1) is 6.92 Å². The van der Waals surface area contributed by atoms with Crippen molar-refractivity contribution in [3.63, 3.8) is 0 Å². The third kappa shape index (κ3) is 4.98. The number of hydrogen-bond acceptors (Lipinski definition) is 4. The predicted octanol–water partition coefficient (Wildman–Crippen LogP) is 4.74. The van der Waals surface area contributed by atoms with Crippen molar-refractivity contribution < 1.29 is 23.0 Å². The van der Waals surface area contributed by atoms with Crippen molar-refractivity contribution in [1.29, 1.82) is 0 Å². The Balaban J connectivity index is 1.72. The fraction of sp³-hybridized carbons (Fsp3) is 0.158. The zero-order valence-electron chi connectivity index (χ0n) is 14.7. The van der Waals surface area contributed by atoms with Crippen LogP contribution in [0.2, 0.25) is 5.02 Å². The summed E-state index contributed by atoms with van der Waals surface area (Å²) >= 11 is 5.83. The van der Waals surface area contributed by atoms with E-state index in [1.807, 2.05) is 0 Å². The molecule has 1 N–H and O–H groups in total. The molecule has 1 heterocycles. The number of nitrogens with one attached hydrogen (secondary N) is 1. The van der Waals surface area contributed by atoms with E-state index in [0.717, 1.165) is 5.56 Å². The van der Waals surface area contributed by atoms with Crippen LogP contribution in [0.4, 0.5) is 14.5 Å². The Hall–Kier alpha value is -3.13. The van der Waals surface area contributed by atoms with Crippen molar-refractivity contribution in [3.8, 4) is 11.5 Å². The van der Waals surface area contributed by atoms with E-state index in [9.17, 15) is 13.6 Å². The number of aromatic nitrogens is 2. The molecule has 3 rings (SSSR count). The van der Waals surface area contributed by atoms with Crippen LogP contribution in [0.1, 0.15) is 16.1 Å². The Morgan fingerprint density at radius 3 is 2.68 bits per heavy atom. The molecule has 28 heavy (non-hydrogen) atoms. The van der Waals surface area contributed by atoms with E-state index in [1.165, 1.54) is 29.1 Å². The van der Waals surface area contributed by atoms with E-state index in [1.54, 1.807) is 37.3 Å². The van der Waals surface area contributed by atoms with Gasteiger partial charge < -0.3 is 14.8 Å². The van der Waals surface area contributed by atoms with Gasteiger partial charge in [-0.3, -0.25) is 4.79 Å². The Bertz CT molecular complexity index is 961. The van der Waals surface area contributed by atoms with E-state index >= 15 is 0 Å². The number of carbonyl (C=O) groups excluding carboxylic acids is 1. The van der Waals surface area contributed by atoms with Gasteiger partial charge in [0, 0.05) is 11.2 Å². The van der Waals surface area contributed by atoms with Crippen molar-refractivity contribution in [2.75, 3.05) is 5.32 Å². The number of halogens is 3. The summed E-state index contributed by atoms with van der Waals surface area (Å²) in [6.45, 7) is -1.30. The van der Waals surface area contributed by atoms with Gasteiger partial charge in [0.1, 0.15) is 17.2 Å². The zero-order chi connectivity index (χ0) is 20.1. The highest BCUT2D eigenvalue weighted by atomic mass is 35.5. The second kappa shape index (κ2) is 8.71. The number of rotatable bonds is 7. The molecule has 0 spiro atoms.